The number of nitrogens with zero attached hydrogens (tertiary/aromatic N) is 1. The molecule has 8 nitrogen and oxygen atoms in total. The number of ether oxygens (including phenoxy) is 2. The molecule has 0 radical (unpaired) electrons. The van der Waals surface area contributed by atoms with E-state index in [-0.39, 0.29) is 11.4 Å². The molecule has 0 aliphatic carbocycles. The van der Waals surface area contributed by atoms with E-state index in [0.717, 1.165) is 5.56 Å². The molecule has 0 unspecified atom stereocenters. The van der Waals surface area contributed by atoms with Crippen molar-refractivity contribution in [2.75, 3.05) is 23.3 Å². The van der Waals surface area contributed by atoms with E-state index in [1.54, 1.807) is 24.3 Å². The molecule has 170 valence electrons. The van der Waals surface area contributed by atoms with Crippen molar-refractivity contribution < 1.29 is 27.5 Å². The summed E-state index contributed by atoms with van der Waals surface area (Å²) < 4.78 is 38.1. The van der Waals surface area contributed by atoms with Gasteiger partial charge in [0.1, 0.15) is 11.5 Å². The maximum absolute atomic E-state index is 13.4. The third-order valence-electron chi connectivity index (χ3n) is 5.23. The minimum absolute atomic E-state index is 0.137. The lowest BCUT2D eigenvalue weighted by molar-refractivity contribution is -0.131. The molecule has 3 aromatic rings. The molecule has 33 heavy (non-hydrogen) atoms. The van der Waals surface area contributed by atoms with Crippen LogP contribution < -0.4 is 19.1 Å². The third kappa shape index (κ3) is 4.54. The highest BCUT2D eigenvalue weighted by Crippen LogP contribution is 2.39. The van der Waals surface area contributed by atoms with E-state index in [0.29, 0.717) is 34.9 Å². The largest absolute Gasteiger partial charge is 0.497 e. The van der Waals surface area contributed by atoms with E-state index in [2.05, 4.69) is 5.32 Å². The van der Waals surface area contributed by atoms with Crippen molar-refractivity contribution in [3.8, 4) is 11.5 Å². The van der Waals surface area contributed by atoms with Gasteiger partial charge in [-0.05, 0) is 66.6 Å². The Bertz CT molecular complexity index is 1300. The van der Waals surface area contributed by atoms with Crippen LogP contribution >= 0.6 is 0 Å². The zero-order chi connectivity index (χ0) is 23.6. The molecule has 9 heteroatoms. The van der Waals surface area contributed by atoms with Gasteiger partial charge in [-0.3, -0.25) is 13.9 Å². The molecule has 0 saturated heterocycles. The third-order valence-corrected chi connectivity index (χ3v) is 7.04. The summed E-state index contributed by atoms with van der Waals surface area (Å²) in [5, 5.41) is 2.82. The predicted molar refractivity (Wildman–Crippen MR) is 123 cm³/mol. The number of para-hydroxylation sites is 1. The molecule has 0 aromatic heterocycles. The van der Waals surface area contributed by atoms with Gasteiger partial charge in [0.2, 0.25) is 0 Å². The van der Waals surface area contributed by atoms with Crippen LogP contribution in [0.3, 0.4) is 0 Å². The van der Waals surface area contributed by atoms with Crippen molar-refractivity contribution in [3.05, 3.63) is 77.9 Å². The van der Waals surface area contributed by atoms with Crippen LogP contribution in [-0.4, -0.2) is 33.9 Å². The Balaban J connectivity index is 1.62. The summed E-state index contributed by atoms with van der Waals surface area (Å²) in [4.78, 5) is 24.0. The summed E-state index contributed by atoms with van der Waals surface area (Å²) in [6, 6.07) is 17.6. The summed E-state index contributed by atoms with van der Waals surface area (Å²) in [6.45, 7) is 1.57. The van der Waals surface area contributed by atoms with E-state index in [9.17, 15) is 18.0 Å². The van der Waals surface area contributed by atoms with Gasteiger partial charge >= 0.3 is 5.97 Å². The van der Waals surface area contributed by atoms with Gasteiger partial charge in [-0.1, -0.05) is 12.1 Å². The first-order valence-electron chi connectivity index (χ1n) is 10.2. The highest BCUT2D eigenvalue weighted by atomic mass is 32.2. The number of carbonyl (C=O) groups excluding carboxylic acids is 2. The Morgan fingerprint density at radius 3 is 2.24 bits per heavy atom. The van der Waals surface area contributed by atoms with E-state index < -0.39 is 21.9 Å². The quantitative estimate of drug-likeness (QED) is 0.440. The molecule has 4 rings (SSSR count). The molecular weight excluding hydrogens is 444 g/mol. The van der Waals surface area contributed by atoms with Crippen LogP contribution in [0, 0.1) is 0 Å². The first-order chi connectivity index (χ1) is 15.8. The maximum Gasteiger partial charge on any atom is 0.308 e. The number of fused-ring (bicyclic) bond motifs is 1. The minimum Gasteiger partial charge on any atom is -0.497 e. The highest BCUT2D eigenvalue weighted by Gasteiger charge is 2.33. The van der Waals surface area contributed by atoms with Crippen LogP contribution in [0.5, 0.6) is 11.5 Å². The van der Waals surface area contributed by atoms with Crippen LogP contribution in [0.25, 0.3) is 0 Å². The first-order valence-corrected chi connectivity index (χ1v) is 11.6. The van der Waals surface area contributed by atoms with Gasteiger partial charge in [-0.25, -0.2) is 8.42 Å². The van der Waals surface area contributed by atoms with Crippen molar-refractivity contribution in [1.82, 2.24) is 0 Å². The Hall–Kier alpha value is -3.85. The Morgan fingerprint density at radius 2 is 1.61 bits per heavy atom. The fraction of sp³-hybridized carbons (Fsp3) is 0.167. The normalized spacial score (nSPS) is 12.7. The van der Waals surface area contributed by atoms with Gasteiger partial charge in [-0.15, -0.1) is 0 Å². The number of carbonyl (C=O) groups is 2. The molecule has 0 spiro atoms. The number of hydrogen-bond acceptors (Lipinski definition) is 6. The Morgan fingerprint density at radius 1 is 0.939 bits per heavy atom. The minimum atomic E-state index is -3.84. The summed E-state index contributed by atoms with van der Waals surface area (Å²) in [5.41, 5.74) is 2.02. The standard InChI is InChI=1S/C24H22N2O6S/c1-16(27)32-20-8-6-18(7-9-20)24(28)25-22-5-3-4-17-14-15-26(23(17)22)33(29,30)21-12-10-19(31-2)11-13-21/h3-13H,14-15H2,1-2H3,(H,25,28). The zero-order valence-electron chi connectivity index (χ0n) is 18.1. The zero-order valence-corrected chi connectivity index (χ0v) is 18.9. The lowest BCUT2D eigenvalue weighted by atomic mass is 10.1. The summed E-state index contributed by atoms with van der Waals surface area (Å²) in [6.07, 6.45) is 0.533. The Labute approximate surface area is 191 Å². The second kappa shape index (κ2) is 8.95. The fourth-order valence-electron chi connectivity index (χ4n) is 3.67. The van der Waals surface area contributed by atoms with Gasteiger partial charge in [0.15, 0.2) is 0 Å². The van der Waals surface area contributed by atoms with Gasteiger partial charge in [0, 0.05) is 19.0 Å². The molecule has 0 saturated carbocycles. The first kappa shape index (κ1) is 22.3. The number of sulfonamides is 1. The van der Waals surface area contributed by atoms with Crippen LogP contribution in [-0.2, 0) is 21.2 Å². The second-order valence-corrected chi connectivity index (χ2v) is 9.25. The van der Waals surface area contributed by atoms with Crippen LogP contribution in [0.4, 0.5) is 11.4 Å². The number of nitrogens with one attached hydrogen (secondary N) is 1. The summed E-state index contributed by atoms with van der Waals surface area (Å²) in [5.74, 6) is 0.0246. The van der Waals surface area contributed by atoms with Crippen molar-refractivity contribution in [2.24, 2.45) is 0 Å². The molecule has 1 aliphatic rings. The maximum atomic E-state index is 13.4. The number of rotatable bonds is 6. The molecule has 1 heterocycles. The number of amides is 1. The van der Waals surface area contributed by atoms with Crippen molar-refractivity contribution in [1.29, 1.82) is 0 Å². The number of methoxy groups -OCH3 is 1. The van der Waals surface area contributed by atoms with Crippen molar-refractivity contribution >= 4 is 33.3 Å². The van der Waals surface area contributed by atoms with Crippen molar-refractivity contribution in [3.63, 3.8) is 0 Å². The molecular formula is C24H22N2O6S. The SMILES string of the molecule is COc1ccc(S(=O)(=O)N2CCc3cccc(NC(=O)c4ccc(OC(C)=O)cc4)c32)cc1. The molecule has 0 bridgehead atoms. The molecule has 3 aromatic carbocycles. The smallest absolute Gasteiger partial charge is 0.308 e. The molecule has 1 N–H and O–H groups in total. The molecule has 1 aliphatic heterocycles. The highest BCUT2D eigenvalue weighted by molar-refractivity contribution is 7.92. The van der Waals surface area contributed by atoms with Gasteiger partial charge < -0.3 is 14.8 Å². The molecule has 0 atom stereocenters. The monoisotopic (exact) mass is 466 g/mol. The van der Waals surface area contributed by atoms with Gasteiger partial charge in [-0.2, -0.15) is 0 Å². The van der Waals surface area contributed by atoms with E-state index in [1.807, 2.05) is 6.07 Å². The number of esters is 1. The molecule has 1 amide bonds. The van der Waals surface area contributed by atoms with Gasteiger partial charge in [0.25, 0.3) is 15.9 Å². The number of benzene rings is 3. The van der Waals surface area contributed by atoms with Gasteiger partial charge in [0.05, 0.1) is 23.4 Å². The Kier molecular flexibility index (Phi) is 6.06. The second-order valence-electron chi connectivity index (χ2n) is 7.39. The van der Waals surface area contributed by atoms with E-state index in [4.69, 9.17) is 9.47 Å². The average Bonchev–Trinajstić information content (AvgIpc) is 3.25. The van der Waals surface area contributed by atoms with Crippen LogP contribution in [0.15, 0.2) is 71.6 Å². The lowest BCUT2D eigenvalue weighted by Crippen LogP contribution is -2.30. The van der Waals surface area contributed by atoms with E-state index >= 15 is 0 Å². The molecule has 0 fully saturated rings. The van der Waals surface area contributed by atoms with Crippen LogP contribution in [0.2, 0.25) is 0 Å². The van der Waals surface area contributed by atoms with Crippen molar-refractivity contribution in [2.45, 2.75) is 18.2 Å². The summed E-state index contributed by atoms with van der Waals surface area (Å²) in [7, 11) is -2.33. The average molecular weight is 467 g/mol. The number of hydrogen-bond donors (Lipinski definition) is 1. The van der Waals surface area contributed by atoms with Crippen LogP contribution in [0.1, 0.15) is 22.8 Å². The topological polar surface area (TPSA) is 102 Å². The lowest BCUT2D eigenvalue weighted by Gasteiger charge is -2.22. The van der Waals surface area contributed by atoms with E-state index in [1.165, 1.54) is 54.7 Å². The fourth-order valence-corrected chi connectivity index (χ4v) is 5.19. The predicted octanol–water partition coefficient (Wildman–Crippen LogP) is 3.62. The summed E-state index contributed by atoms with van der Waals surface area (Å²) >= 11 is 0. The number of anilines is 2.